The van der Waals surface area contributed by atoms with E-state index in [4.69, 9.17) is 10.8 Å². The van der Waals surface area contributed by atoms with Crippen molar-refractivity contribution in [3.8, 4) is 0 Å². The highest BCUT2D eigenvalue weighted by Crippen LogP contribution is 2.18. The Morgan fingerprint density at radius 2 is 2.12 bits per heavy atom. The van der Waals surface area contributed by atoms with Crippen molar-refractivity contribution in [2.45, 2.75) is 25.8 Å². The van der Waals surface area contributed by atoms with E-state index in [2.05, 4.69) is 23.6 Å². The van der Waals surface area contributed by atoms with E-state index in [1.54, 1.807) is 0 Å². The molecule has 0 aromatic carbocycles. The largest absolute Gasteiger partial charge is 0.480 e. The molecular weight excluding hydrogens is 206 g/mol. The molecule has 0 radical (unpaired) electrons. The number of aliphatic carboxylic acids is 1. The van der Waals surface area contributed by atoms with Crippen LogP contribution in [0.3, 0.4) is 0 Å². The Labute approximate surface area is 97.2 Å². The van der Waals surface area contributed by atoms with Crippen LogP contribution in [0.25, 0.3) is 0 Å². The zero-order valence-corrected chi connectivity index (χ0v) is 10.3. The molecule has 1 aliphatic rings. The summed E-state index contributed by atoms with van der Waals surface area (Å²) < 4.78 is 0. The van der Waals surface area contributed by atoms with E-state index in [0.29, 0.717) is 13.0 Å². The van der Waals surface area contributed by atoms with E-state index < -0.39 is 11.5 Å². The minimum Gasteiger partial charge on any atom is -0.480 e. The van der Waals surface area contributed by atoms with Crippen LogP contribution in [0.5, 0.6) is 0 Å². The van der Waals surface area contributed by atoms with Gasteiger partial charge in [0.25, 0.3) is 0 Å². The average molecular weight is 229 g/mol. The van der Waals surface area contributed by atoms with Crippen molar-refractivity contribution in [3.05, 3.63) is 0 Å². The Kier molecular flexibility index (Phi) is 4.70. The molecule has 94 valence electrons. The van der Waals surface area contributed by atoms with Crippen LogP contribution >= 0.6 is 0 Å². The molecule has 1 unspecified atom stereocenters. The number of likely N-dealkylation sites (tertiary alicyclic amines) is 1. The number of carbonyl (C=O) groups is 1. The van der Waals surface area contributed by atoms with E-state index >= 15 is 0 Å². The van der Waals surface area contributed by atoms with Crippen LogP contribution in [0.2, 0.25) is 0 Å². The SMILES string of the molecule is CCN(CC)CCN1CCC(N)(C(=O)O)C1. The van der Waals surface area contributed by atoms with Gasteiger partial charge >= 0.3 is 5.97 Å². The zero-order chi connectivity index (χ0) is 12.2. The first-order chi connectivity index (χ1) is 7.51. The van der Waals surface area contributed by atoms with Gasteiger partial charge in [0.05, 0.1) is 0 Å². The number of rotatable bonds is 6. The molecule has 5 heteroatoms. The van der Waals surface area contributed by atoms with Crippen LogP contribution in [0.4, 0.5) is 0 Å². The summed E-state index contributed by atoms with van der Waals surface area (Å²) in [5.41, 5.74) is 4.78. The van der Waals surface area contributed by atoms with Crippen LogP contribution in [0, 0.1) is 0 Å². The number of carboxylic acids is 1. The van der Waals surface area contributed by atoms with Gasteiger partial charge in [0.15, 0.2) is 0 Å². The number of carboxylic acid groups (broad SMARTS) is 1. The van der Waals surface area contributed by atoms with Gasteiger partial charge < -0.3 is 15.7 Å². The fourth-order valence-corrected chi connectivity index (χ4v) is 2.10. The quantitative estimate of drug-likeness (QED) is 0.661. The maximum atomic E-state index is 11.0. The molecule has 0 aliphatic carbocycles. The maximum Gasteiger partial charge on any atom is 0.325 e. The second-order valence-electron chi connectivity index (χ2n) is 4.51. The van der Waals surface area contributed by atoms with Crippen molar-refractivity contribution in [2.24, 2.45) is 5.73 Å². The fourth-order valence-electron chi connectivity index (χ4n) is 2.10. The number of nitrogens with zero attached hydrogens (tertiary/aromatic N) is 2. The average Bonchev–Trinajstić information content (AvgIpc) is 2.63. The van der Waals surface area contributed by atoms with Crippen molar-refractivity contribution < 1.29 is 9.90 Å². The van der Waals surface area contributed by atoms with E-state index in [1.807, 2.05) is 0 Å². The van der Waals surface area contributed by atoms with Crippen molar-refractivity contribution in [1.29, 1.82) is 0 Å². The van der Waals surface area contributed by atoms with Gasteiger partial charge in [0.1, 0.15) is 5.54 Å². The summed E-state index contributed by atoms with van der Waals surface area (Å²) in [6, 6.07) is 0. The summed E-state index contributed by atoms with van der Waals surface area (Å²) in [4.78, 5) is 15.4. The lowest BCUT2D eigenvalue weighted by Crippen LogP contribution is -2.50. The molecule has 0 saturated carbocycles. The molecule has 0 aromatic rings. The predicted molar refractivity (Wildman–Crippen MR) is 63.4 cm³/mol. The molecule has 1 saturated heterocycles. The minimum atomic E-state index is -1.02. The summed E-state index contributed by atoms with van der Waals surface area (Å²) in [6.45, 7) is 9.52. The standard InChI is InChI=1S/C11H23N3O2/c1-3-13(4-2)7-8-14-6-5-11(12,9-14)10(15)16/h3-9,12H2,1-2H3,(H,15,16). The molecule has 0 spiro atoms. The van der Waals surface area contributed by atoms with Crippen LogP contribution in [0.1, 0.15) is 20.3 Å². The van der Waals surface area contributed by atoms with Crippen molar-refractivity contribution in [3.63, 3.8) is 0 Å². The topological polar surface area (TPSA) is 69.8 Å². The van der Waals surface area contributed by atoms with Crippen molar-refractivity contribution >= 4 is 5.97 Å². The van der Waals surface area contributed by atoms with Gasteiger partial charge in [-0.05, 0) is 19.5 Å². The van der Waals surface area contributed by atoms with E-state index in [-0.39, 0.29) is 0 Å². The smallest absolute Gasteiger partial charge is 0.325 e. The van der Waals surface area contributed by atoms with E-state index in [9.17, 15) is 4.79 Å². The number of likely N-dealkylation sites (N-methyl/N-ethyl adjacent to an activating group) is 1. The lowest BCUT2D eigenvalue weighted by Gasteiger charge is -2.23. The Morgan fingerprint density at radius 3 is 2.56 bits per heavy atom. The molecule has 0 amide bonds. The normalized spacial score (nSPS) is 26.5. The van der Waals surface area contributed by atoms with Crippen LogP contribution < -0.4 is 5.73 Å². The van der Waals surface area contributed by atoms with Gasteiger partial charge in [-0.2, -0.15) is 0 Å². The lowest BCUT2D eigenvalue weighted by molar-refractivity contribution is -0.142. The molecule has 1 fully saturated rings. The van der Waals surface area contributed by atoms with Crippen molar-refractivity contribution in [2.75, 3.05) is 39.3 Å². The number of hydrogen-bond acceptors (Lipinski definition) is 4. The van der Waals surface area contributed by atoms with Gasteiger partial charge in [-0.25, -0.2) is 0 Å². The Bertz CT molecular complexity index is 243. The van der Waals surface area contributed by atoms with Gasteiger partial charge in [-0.1, -0.05) is 13.8 Å². The molecule has 0 bridgehead atoms. The first-order valence-electron chi connectivity index (χ1n) is 5.99. The third kappa shape index (κ3) is 3.17. The van der Waals surface area contributed by atoms with Gasteiger partial charge in [-0.15, -0.1) is 0 Å². The second-order valence-corrected chi connectivity index (χ2v) is 4.51. The van der Waals surface area contributed by atoms with Crippen LogP contribution in [0.15, 0.2) is 0 Å². The maximum absolute atomic E-state index is 11.0. The molecule has 16 heavy (non-hydrogen) atoms. The first kappa shape index (κ1) is 13.4. The Hall–Kier alpha value is -0.650. The third-order valence-electron chi connectivity index (χ3n) is 3.43. The highest BCUT2D eigenvalue weighted by Gasteiger charge is 2.40. The highest BCUT2D eigenvalue weighted by atomic mass is 16.4. The number of nitrogens with two attached hydrogens (primary N) is 1. The Balaban J connectivity index is 2.34. The van der Waals surface area contributed by atoms with Crippen LogP contribution in [-0.2, 0) is 4.79 Å². The summed E-state index contributed by atoms with van der Waals surface area (Å²) in [5.74, 6) is -0.877. The second kappa shape index (κ2) is 5.61. The summed E-state index contributed by atoms with van der Waals surface area (Å²) in [7, 11) is 0. The third-order valence-corrected chi connectivity index (χ3v) is 3.43. The number of hydrogen-bond donors (Lipinski definition) is 2. The monoisotopic (exact) mass is 229 g/mol. The van der Waals surface area contributed by atoms with Gasteiger partial charge in [0.2, 0.25) is 0 Å². The van der Waals surface area contributed by atoms with Crippen molar-refractivity contribution in [1.82, 2.24) is 9.80 Å². The zero-order valence-electron chi connectivity index (χ0n) is 10.3. The first-order valence-corrected chi connectivity index (χ1v) is 5.99. The van der Waals surface area contributed by atoms with Crippen LogP contribution in [-0.4, -0.2) is 65.7 Å². The van der Waals surface area contributed by atoms with E-state index in [0.717, 1.165) is 32.7 Å². The minimum absolute atomic E-state index is 0.476. The summed E-state index contributed by atoms with van der Waals surface area (Å²) in [6.07, 6.45) is 0.556. The highest BCUT2D eigenvalue weighted by molar-refractivity contribution is 5.79. The molecule has 1 heterocycles. The predicted octanol–water partition coefficient (Wildman–Crippen LogP) is -0.184. The molecule has 3 N–H and O–H groups in total. The summed E-state index contributed by atoms with van der Waals surface area (Å²) in [5, 5.41) is 9.00. The molecule has 0 aromatic heterocycles. The Morgan fingerprint density at radius 1 is 1.50 bits per heavy atom. The molecule has 1 aliphatic heterocycles. The molecule has 5 nitrogen and oxygen atoms in total. The van der Waals surface area contributed by atoms with E-state index in [1.165, 1.54) is 0 Å². The fraction of sp³-hybridized carbons (Fsp3) is 0.909. The van der Waals surface area contributed by atoms with Gasteiger partial charge in [0, 0.05) is 26.2 Å². The summed E-state index contributed by atoms with van der Waals surface area (Å²) >= 11 is 0. The van der Waals surface area contributed by atoms with Gasteiger partial charge in [-0.3, -0.25) is 9.69 Å². The molecule has 1 atom stereocenters. The molecule has 1 rings (SSSR count). The molecular formula is C11H23N3O2. The lowest BCUT2D eigenvalue weighted by atomic mass is 10.0.